The third kappa shape index (κ3) is 5.38. The zero-order valence-corrected chi connectivity index (χ0v) is 12.1. The molecule has 1 aliphatic rings. The van der Waals surface area contributed by atoms with E-state index in [1.165, 1.54) is 42.9 Å². The third-order valence-corrected chi connectivity index (χ3v) is 6.11. The second kappa shape index (κ2) is 9.60. The Morgan fingerprint density at radius 1 is 0.944 bits per heavy atom. The first-order chi connectivity index (χ1) is 8.38. The Morgan fingerprint density at radius 2 is 1.50 bits per heavy atom. The molecule has 2 rings (SSSR count). The van der Waals surface area contributed by atoms with Gasteiger partial charge in [0.1, 0.15) is 4.71 Å². The molecule has 0 aliphatic carbocycles. The molecule has 0 spiro atoms. The SMILES string of the molecule is CN(c1ccccc1)C1SCCCCCCS1.[NaH]. The first-order valence-electron chi connectivity index (χ1n) is 6.39. The van der Waals surface area contributed by atoms with Gasteiger partial charge in [0.25, 0.3) is 0 Å². The third-order valence-electron chi connectivity index (χ3n) is 3.04. The molecule has 0 bridgehead atoms. The first kappa shape index (κ1) is 16.8. The van der Waals surface area contributed by atoms with Crippen LogP contribution in [-0.2, 0) is 0 Å². The molecule has 0 radical (unpaired) electrons. The van der Waals surface area contributed by atoms with Gasteiger partial charge in [0.05, 0.1) is 0 Å². The fourth-order valence-corrected chi connectivity index (χ4v) is 4.78. The predicted molar refractivity (Wildman–Crippen MR) is 89.2 cm³/mol. The molecule has 1 saturated heterocycles. The summed E-state index contributed by atoms with van der Waals surface area (Å²) in [4.78, 5) is 2.42. The van der Waals surface area contributed by atoms with E-state index in [2.05, 4.69) is 65.8 Å². The Morgan fingerprint density at radius 3 is 2.06 bits per heavy atom. The van der Waals surface area contributed by atoms with Crippen LogP contribution in [0.1, 0.15) is 25.7 Å². The summed E-state index contributed by atoms with van der Waals surface area (Å²) in [5.74, 6) is 2.60. The van der Waals surface area contributed by atoms with Gasteiger partial charge in [-0.25, -0.2) is 0 Å². The summed E-state index contributed by atoms with van der Waals surface area (Å²) in [5, 5.41) is 0. The Labute approximate surface area is 142 Å². The summed E-state index contributed by atoms with van der Waals surface area (Å²) in [6, 6.07) is 10.7. The van der Waals surface area contributed by atoms with Crippen LogP contribution < -0.4 is 4.90 Å². The van der Waals surface area contributed by atoms with Crippen LogP contribution in [0.15, 0.2) is 30.3 Å². The molecule has 96 valence electrons. The molecule has 0 atom stereocenters. The summed E-state index contributed by atoms with van der Waals surface area (Å²) in [6.45, 7) is 0. The van der Waals surface area contributed by atoms with Crippen molar-refractivity contribution in [1.82, 2.24) is 0 Å². The molecule has 0 unspecified atom stereocenters. The van der Waals surface area contributed by atoms with Gasteiger partial charge in [-0.15, -0.1) is 23.5 Å². The number of hydrogen-bond donors (Lipinski definition) is 0. The summed E-state index contributed by atoms with van der Waals surface area (Å²) in [5.41, 5.74) is 1.33. The van der Waals surface area contributed by atoms with Crippen molar-refractivity contribution < 1.29 is 0 Å². The van der Waals surface area contributed by atoms with Crippen LogP contribution in [0.4, 0.5) is 5.69 Å². The molecule has 1 aromatic rings. The summed E-state index contributed by atoms with van der Waals surface area (Å²) < 4.78 is 0.579. The van der Waals surface area contributed by atoms with Crippen LogP contribution in [0.2, 0.25) is 0 Å². The van der Waals surface area contributed by atoms with Crippen LogP contribution in [0.25, 0.3) is 0 Å². The van der Waals surface area contributed by atoms with Crippen LogP contribution >= 0.6 is 23.5 Å². The van der Waals surface area contributed by atoms with Gasteiger partial charge in [-0.05, 0) is 36.5 Å². The van der Waals surface area contributed by atoms with E-state index in [1.54, 1.807) is 0 Å². The van der Waals surface area contributed by atoms with Gasteiger partial charge in [0, 0.05) is 12.7 Å². The Bertz CT molecular complexity index is 311. The standard InChI is InChI=1S/C14H21NS2.Na.H/c1-15(13-9-5-4-6-10-13)14-16-11-7-2-3-8-12-17-14;;/h4-6,9-10,14H,2-3,7-8,11-12H2,1H3;;. The van der Waals surface area contributed by atoms with Crippen molar-refractivity contribution in [3.8, 4) is 0 Å². The molecule has 1 fully saturated rings. The number of nitrogens with zero attached hydrogens (tertiary/aromatic N) is 1. The minimum atomic E-state index is 0. The molecule has 1 heterocycles. The quantitative estimate of drug-likeness (QED) is 0.763. The maximum absolute atomic E-state index is 2.42. The van der Waals surface area contributed by atoms with Crippen molar-refractivity contribution in [2.45, 2.75) is 30.4 Å². The molecule has 4 heteroatoms. The Balaban J connectivity index is 0.00000162. The van der Waals surface area contributed by atoms with Gasteiger partial charge in [-0.2, -0.15) is 0 Å². The van der Waals surface area contributed by atoms with E-state index >= 15 is 0 Å². The fraction of sp³-hybridized carbons (Fsp3) is 0.571. The van der Waals surface area contributed by atoms with Gasteiger partial charge in [0.2, 0.25) is 0 Å². The number of benzene rings is 1. The van der Waals surface area contributed by atoms with E-state index in [0.29, 0.717) is 4.71 Å². The molecule has 18 heavy (non-hydrogen) atoms. The minimum absolute atomic E-state index is 0. The number of rotatable bonds is 2. The normalized spacial score (nSPS) is 18.1. The average molecular weight is 291 g/mol. The summed E-state index contributed by atoms with van der Waals surface area (Å²) in [7, 11) is 2.22. The topological polar surface area (TPSA) is 3.24 Å². The zero-order valence-electron chi connectivity index (χ0n) is 10.5. The fourth-order valence-electron chi connectivity index (χ4n) is 1.98. The van der Waals surface area contributed by atoms with Crippen LogP contribution in [-0.4, -0.2) is 52.8 Å². The maximum atomic E-state index is 2.42. The molecule has 0 saturated carbocycles. The van der Waals surface area contributed by atoms with Gasteiger partial charge in [-0.1, -0.05) is 31.0 Å². The van der Waals surface area contributed by atoms with Crippen LogP contribution in [0.3, 0.4) is 0 Å². The zero-order chi connectivity index (χ0) is 11.9. The van der Waals surface area contributed by atoms with Crippen molar-refractivity contribution >= 4 is 58.8 Å². The van der Waals surface area contributed by atoms with Crippen LogP contribution in [0.5, 0.6) is 0 Å². The van der Waals surface area contributed by atoms with Crippen molar-refractivity contribution in [1.29, 1.82) is 0 Å². The van der Waals surface area contributed by atoms with Crippen molar-refractivity contribution in [2.75, 3.05) is 23.5 Å². The van der Waals surface area contributed by atoms with E-state index in [4.69, 9.17) is 0 Å². The Kier molecular flexibility index (Phi) is 8.94. The average Bonchev–Trinajstić information content (AvgIpc) is 2.52. The number of anilines is 1. The molecular formula is C14H22NNaS2. The van der Waals surface area contributed by atoms with E-state index in [9.17, 15) is 0 Å². The summed E-state index contributed by atoms with van der Waals surface area (Å²) >= 11 is 4.21. The molecule has 0 N–H and O–H groups in total. The van der Waals surface area contributed by atoms with E-state index in [1.807, 2.05) is 0 Å². The van der Waals surface area contributed by atoms with Gasteiger partial charge < -0.3 is 4.90 Å². The second-order valence-corrected chi connectivity index (χ2v) is 7.08. The van der Waals surface area contributed by atoms with Gasteiger partial charge in [0.15, 0.2) is 0 Å². The van der Waals surface area contributed by atoms with Gasteiger partial charge in [-0.3, -0.25) is 0 Å². The van der Waals surface area contributed by atoms with E-state index in [-0.39, 0.29) is 29.6 Å². The Hall–Kier alpha value is 0.720. The predicted octanol–water partition coefficient (Wildman–Crippen LogP) is 3.80. The van der Waals surface area contributed by atoms with E-state index < -0.39 is 0 Å². The molecule has 0 amide bonds. The number of hydrogen-bond acceptors (Lipinski definition) is 3. The second-order valence-electron chi connectivity index (χ2n) is 4.41. The number of para-hydroxylation sites is 1. The molecule has 1 aliphatic heterocycles. The van der Waals surface area contributed by atoms with Gasteiger partial charge >= 0.3 is 29.6 Å². The van der Waals surface area contributed by atoms with Crippen LogP contribution in [0, 0.1) is 0 Å². The molecule has 1 nitrogen and oxygen atoms in total. The first-order valence-corrected chi connectivity index (χ1v) is 8.49. The van der Waals surface area contributed by atoms with Crippen molar-refractivity contribution in [2.24, 2.45) is 0 Å². The van der Waals surface area contributed by atoms with Crippen molar-refractivity contribution in [3.05, 3.63) is 30.3 Å². The summed E-state index contributed by atoms with van der Waals surface area (Å²) in [6.07, 6.45) is 5.58. The number of thioether (sulfide) groups is 2. The van der Waals surface area contributed by atoms with E-state index in [0.717, 1.165) is 0 Å². The monoisotopic (exact) mass is 291 g/mol. The molecular weight excluding hydrogens is 269 g/mol. The molecule has 1 aromatic carbocycles. The van der Waals surface area contributed by atoms with Crippen molar-refractivity contribution in [3.63, 3.8) is 0 Å². The molecule has 0 aromatic heterocycles.